The molecule has 0 bridgehead atoms. The maximum Gasteiger partial charge on any atom is 0.337 e. The fourth-order valence-corrected chi connectivity index (χ4v) is 3.01. The lowest BCUT2D eigenvalue weighted by atomic mass is 10.1. The van der Waals surface area contributed by atoms with Crippen LogP contribution in [0.25, 0.3) is 17.4 Å². The number of amides is 4. The molecule has 0 unspecified atom stereocenters. The zero-order valence-corrected chi connectivity index (χ0v) is 16.3. The van der Waals surface area contributed by atoms with E-state index in [1.165, 1.54) is 19.4 Å². The van der Waals surface area contributed by atoms with Gasteiger partial charge in [0.15, 0.2) is 0 Å². The summed E-state index contributed by atoms with van der Waals surface area (Å²) in [5.74, 6) is -0.912. The molecule has 1 aromatic carbocycles. The second-order valence-electron chi connectivity index (χ2n) is 6.56. The third-order valence-electron chi connectivity index (χ3n) is 4.58. The van der Waals surface area contributed by atoms with E-state index in [1.54, 1.807) is 48.5 Å². The van der Waals surface area contributed by atoms with Gasteiger partial charge in [0.1, 0.15) is 22.9 Å². The number of hydrogen-bond donors (Lipinski definition) is 1. The lowest BCUT2D eigenvalue weighted by Gasteiger charge is -2.25. The van der Waals surface area contributed by atoms with Gasteiger partial charge in [-0.15, -0.1) is 0 Å². The number of ether oxygens (including phenoxy) is 1. The molecule has 0 spiro atoms. The van der Waals surface area contributed by atoms with Gasteiger partial charge in [-0.05, 0) is 42.5 Å². The summed E-state index contributed by atoms with van der Waals surface area (Å²) >= 11 is 0. The van der Waals surface area contributed by atoms with Crippen molar-refractivity contribution in [3.8, 4) is 11.3 Å². The number of urea groups is 1. The number of nitrogens with zero attached hydrogens (tertiary/aromatic N) is 1. The maximum atomic E-state index is 12.7. The predicted molar refractivity (Wildman–Crippen MR) is 106 cm³/mol. The number of carbonyl (C=O) groups is 4. The van der Waals surface area contributed by atoms with Crippen LogP contribution < -0.4 is 5.32 Å². The first-order valence-corrected chi connectivity index (χ1v) is 9.16. The highest BCUT2D eigenvalue weighted by Crippen LogP contribution is 2.25. The zero-order valence-electron chi connectivity index (χ0n) is 16.3. The first-order chi connectivity index (χ1) is 15.0. The smallest absolute Gasteiger partial charge is 0.337 e. The highest BCUT2D eigenvalue weighted by atomic mass is 16.5. The average Bonchev–Trinajstić information content (AvgIpc) is 3.46. The largest absolute Gasteiger partial charge is 0.467 e. The number of esters is 1. The molecular formula is C22H16N2O7. The van der Waals surface area contributed by atoms with E-state index in [9.17, 15) is 19.2 Å². The number of carbonyl (C=O) groups excluding carboxylic acids is 4. The highest BCUT2D eigenvalue weighted by molar-refractivity contribution is 6.30. The number of furan rings is 2. The molecule has 0 radical (unpaired) electrons. The Kier molecular flexibility index (Phi) is 5.23. The third kappa shape index (κ3) is 4.01. The van der Waals surface area contributed by atoms with Gasteiger partial charge < -0.3 is 13.6 Å². The normalized spacial score (nSPS) is 15.3. The molecule has 3 heterocycles. The lowest BCUT2D eigenvalue weighted by molar-refractivity contribution is -0.130. The van der Waals surface area contributed by atoms with E-state index in [0.717, 1.165) is 4.90 Å². The quantitative estimate of drug-likeness (QED) is 0.383. The Morgan fingerprint density at radius 2 is 1.87 bits per heavy atom. The average molecular weight is 420 g/mol. The van der Waals surface area contributed by atoms with Crippen molar-refractivity contribution in [1.82, 2.24) is 10.2 Å². The summed E-state index contributed by atoms with van der Waals surface area (Å²) in [4.78, 5) is 49.4. The van der Waals surface area contributed by atoms with Crippen LogP contribution in [0.4, 0.5) is 4.79 Å². The number of imide groups is 2. The van der Waals surface area contributed by atoms with Crippen LogP contribution >= 0.6 is 0 Å². The second kappa shape index (κ2) is 8.15. The number of methoxy groups -OCH3 is 1. The van der Waals surface area contributed by atoms with Crippen molar-refractivity contribution in [2.45, 2.75) is 6.54 Å². The molecule has 31 heavy (non-hydrogen) atoms. The fraction of sp³-hybridized carbons (Fsp3) is 0.0909. The van der Waals surface area contributed by atoms with E-state index < -0.39 is 23.8 Å². The Bertz CT molecular complexity index is 1190. The Labute approximate surface area is 175 Å². The van der Waals surface area contributed by atoms with Crippen LogP contribution in [-0.4, -0.2) is 35.8 Å². The first kappa shape index (κ1) is 19.9. The van der Waals surface area contributed by atoms with Crippen molar-refractivity contribution >= 4 is 29.9 Å². The molecule has 9 heteroatoms. The van der Waals surface area contributed by atoms with Crippen LogP contribution in [0.5, 0.6) is 0 Å². The van der Waals surface area contributed by atoms with Crippen LogP contribution in [0, 0.1) is 0 Å². The Morgan fingerprint density at radius 1 is 1.10 bits per heavy atom. The Hall–Kier alpha value is -4.40. The van der Waals surface area contributed by atoms with E-state index >= 15 is 0 Å². The van der Waals surface area contributed by atoms with Crippen molar-refractivity contribution in [3.05, 3.63) is 77.5 Å². The molecule has 1 N–H and O–H groups in total. The van der Waals surface area contributed by atoms with Crippen molar-refractivity contribution in [2.24, 2.45) is 0 Å². The molecule has 4 amide bonds. The molecule has 0 atom stereocenters. The van der Waals surface area contributed by atoms with Gasteiger partial charge in [0.2, 0.25) is 0 Å². The molecule has 0 saturated carbocycles. The molecule has 1 saturated heterocycles. The van der Waals surface area contributed by atoms with Crippen molar-refractivity contribution in [2.75, 3.05) is 7.11 Å². The van der Waals surface area contributed by atoms with Crippen molar-refractivity contribution < 1.29 is 32.7 Å². The Balaban J connectivity index is 1.57. The molecule has 3 aromatic rings. The molecule has 1 fully saturated rings. The standard InChI is InChI=1S/C22H16N2O7/c1-29-21(27)14-6-4-13(5-7-14)18-9-8-15(31-18)11-17-19(25)23-22(28)24(20(17)26)12-16-3-2-10-30-16/h2-11H,12H2,1H3,(H,23,25,28)/b17-11+. The lowest BCUT2D eigenvalue weighted by Crippen LogP contribution is -2.53. The summed E-state index contributed by atoms with van der Waals surface area (Å²) in [7, 11) is 1.30. The number of rotatable bonds is 5. The van der Waals surface area contributed by atoms with Crippen LogP contribution in [-0.2, 0) is 20.9 Å². The van der Waals surface area contributed by atoms with Crippen LogP contribution in [0.3, 0.4) is 0 Å². The molecule has 9 nitrogen and oxygen atoms in total. The van der Waals surface area contributed by atoms with E-state index in [2.05, 4.69) is 10.1 Å². The molecule has 156 valence electrons. The molecular weight excluding hydrogens is 404 g/mol. The second-order valence-corrected chi connectivity index (χ2v) is 6.56. The van der Waals surface area contributed by atoms with Crippen LogP contribution in [0.15, 0.2) is 69.2 Å². The van der Waals surface area contributed by atoms with Gasteiger partial charge in [-0.1, -0.05) is 12.1 Å². The van der Waals surface area contributed by atoms with E-state index in [4.69, 9.17) is 8.83 Å². The third-order valence-corrected chi connectivity index (χ3v) is 4.58. The van der Waals surface area contributed by atoms with Crippen LogP contribution in [0.1, 0.15) is 21.9 Å². The first-order valence-electron chi connectivity index (χ1n) is 9.16. The summed E-state index contributed by atoms with van der Waals surface area (Å²) in [6, 6.07) is 12.2. The molecule has 1 aliphatic heterocycles. The van der Waals surface area contributed by atoms with Crippen LogP contribution in [0.2, 0.25) is 0 Å². The SMILES string of the molecule is COC(=O)c1ccc(-c2ccc(/C=C3\C(=O)NC(=O)N(Cc4ccco4)C3=O)o2)cc1. The van der Waals surface area contributed by atoms with E-state index in [0.29, 0.717) is 22.6 Å². The molecule has 1 aliphatic rings. The van der Waals surface area contributed by atoms with Gasteiger partial charge >= 0.3 is 12.0 Å². The van der Waals surface area contributed by atoms with Gasteiger partial charge in [-0.25, -0.2) is 9.59 Å². The fourth-order valence-electron chi connectivity index (χ4n) is 3.01. The highest BCUT2D eigenvalue weighted by Gasteiger charge is 2.36. The van der Waals surface area contributed by atoms with Crippen molar-refractivity contribution in [1.29, 1.82) is 0 Å². The van der Waals surface area contributed by atoms with Gasteiger partial charge in [-0.3, -0.25) is 19.8 Å². The summed E-state index contributed by atoms with van der Waals surface area (Å²) in [6.07, 6.45) is 2.69. The number of barbiturate groups is 1. The topological polar surface area (TPSA) is 119 Å². The van der Waals surface area contributed by atoms with Gasteiger partial charge in [0, 0.05) is 5.56 Å². The number of nitrogens with one attached hydrogen (secondary N) is 1. The summed E-state index contributed by atoms with van der Waals surface area (Å²) in [5.41, 5.74) is 0.838. The molecule has 4 rings (SSSR count). The van der Waals surface area contributed by atoms with Gasteiger partial charge in [0.25, 0.3) is 11.8 Å². The predicted octanol–water partition coefficient (Wildman–Crippen LogP) is 2.99. The summed E-state index contributed by atoms with van der Waals surface area (Å²) in [5, 5.41) is 2.14. The minimum Gasteiger partial charge on any atom is -0.467 e. The minimum absolute atomic E-state index is 0.113. The number of hydrogen-bond acceptors (Lipinski definition) is 7. The minimum atomic E-state index is -0.825. The Morgan fingerprint density at radius 3 is 2.55 bits per heavy atom. The zero-order chi connectivity index (χ0) is 22.0. The monoisotopic (exact) mass is 420 g/mol. The van der Waals surface area contributed by atoms with Gasteiger partial charge in [0.05, 0.1) is 25.5 Å². The summed E-state index contributed by atoms with van der Waals surface area (Å²) < 4.78 is 15.6. The van der Waals surface area contributed by atoms with E-state index in [-0.39, 0.29) is 17.9 Å². The van der Waals surface area contributed by atoms with Crippen molar-refractivity contribution in [3.63, 3.8) is 0 Å². The maximum absolute atomic E-state index is 12.7. The molecule has 2 aromatic heterocycles. The number of benzene rings is 1. The van der Waals surface area contributed by atoms with Gasteiger partial charge in [-0.2, -0.15) is 0 Å². The molecule has 0 aliphatic carbocycles. The van der Waals surface area contributed by atoms with E-state index in [1.807, 2.05) is 0 Å². The summed E-state index contributed by atoms with van der Waals surface area (Å²) in [6.45, 7) is -0.113.